The minimum atomic E-state index is -0.211. The summed E-state index contributed by atoms with van der Waals surface area (Å²) in [6.07, 6.45) is 1.92. The van der Waals surface area contributed by atoms with E-state index in [0.717, 1.165) is 58.8 Å². The predicted molar refractivity (Wildman–Crippen MR) is 99.7 cm³/mol. The average molecular weight is 356 g/mol. The number of ether oxygens (including phenoxy) is 2. The van der Waals surface area contributed by atoms with Crippen LogP contribution in [0.15, 0.2) is 0 Å². The molecule has 0 radical (unpaired) electrons. The summed E-state index contributed by atoms with van der Waals surface area (Å²) in [5.74, 6) is 0.142. The molecule has 1 amide bonds. The normalized spacial score (nSPS) is 22.5. The molecule has 25 heavy (non-hydrogen) atoms. The molecule has 2 rings (SSSR count). The second-order valence-corrected chi connectivity index (χ2v) is 8.06. The van der Waals surface area contributed by atoms with Crippen LogP contribution in [0.3, 0.4) is 0 Å². The van der Waals surface area contributed by atoms with Crippen LogP contribution in [-0.2, 0) is 14.3 Å². The lowest BCUT2D eigenvalue weighted by Crippen LogP contribution is -2.59. The third-order valence-electron chi connectivity index (χ3n) is 5.43. The summed E-state index contributed by atoms with van der Waals surface area (Å²) in [6, 6.07) is 0.557. The molecular formula is C19H37N3O3. The predicted octanol–water partition coefficient (Wildman–Crippen LogP) is 1.35. The van der Waals surface area contributed by atoms with E-state index in [2.05, 4.69) is 29.0 Å². The van der Waals surface area contributed by atoms with Crippen molar-refractivity contribution in [3.05, 3.63) is 0 Å². The molecule has 0 bridgehead atoms. The van der Waals surface area contributed by atoms with Crippen LogP contribution < -0.4 is 5.32 Å². The van der Waals surface area contributed by atoms with Gasteiger partial charge in [0.05, 0.1) is 32.0 Å². The average Bonchev–Trinajstić information content (AvgIpc) is 2.60. The van der Waals surface area contributed by atoms with Crippen LogP contribution in [-0.4, -0.2) is 86.4 Å². The highest BCUT2D eigenvalue weighted by Gasteiger charge is 2.37. The van der Waals surface area contributed by atoms with Gasteiger partial charge in [0.15, 0.2) is 0 Å². The Morgan fingerprint density at radius 3 is 2.32 bits per heavy atom. The zero-order valence-corrected chi connectivity index (χ0v) is 16.6. The topological polar surface area (TPSA) is 54.0 Å². The van der Waals surface area contributed by atoms with Gasteiger partial charge in [-0.15, -0.1) is 0 Å². The molecule has 2 aliphatic heterocycles. The minimum absolute atomic E-state index is 0.00773. The van der Waals surface area contributed by atoms with E-state index in [4.69, 9.17) is 9.47 Å². The van der Waals surface area contributed by atoms with Crippen molar-refractivity contribution in [2.24, 2.45) is 5.92 Å². The van der Waals surface area contributed by atoms with Gasteiger partial charge in [-0.3, -0.25) is 9.69 Å². The van der Waals surface area contributed by atoms with Crippen molar-refractivity contribution in [3.8, 4) is 0 Å². The summed E-state index contributed by atoms with van der Waals surface area (Å²) >= 11 is 0. The first-order valence-electron chi connectivity index (χ1n) is 9.86. The van der Waals surface area contributed by atoms with Crippen LogP contribution in [0.25, 0.3) is 0 Å². The van der Waals surface area contributed by atoms with Gasteiger partial charge in [-0.2, -0.15) is 0 Å². The monoisotopic (exact) mass is 355 g/mol. The molecule has 0 unspecified atom stereocenters. The second-order valence-electron chi connectivity index (χ2n) is 8.06. The van der Waals surface area contributed by atoms with E-state index < -0.39 is 0 Å². The number of amides is 1. The summed E-state index contributed by atoms with van der Waals surface area (Å²) in [7, 11) is 0. The molecule has 146 valence electrons. The van der Waals surface area contributed by atoms with Crippen LogP contribution in [0.2, 0.25) is 0 Å². The first-order valence-corrected chi connectivity index (χ1v) is 9.86. The van der Waals surface area contributed by atoms with E-state index in [1.807, 2.05) is 13.8 Å². The molecule has 2 aliphatic rings. The number of piperidine rings is 1. The van der Waals surface area contributed by atoms with Gasteiger partial charge < -0.3 is 19.7 Å². The number of nitrogens with zero attached hydrogens (tertiary/aromatic N) is 2. The van der Waals surface area contributed by atoms with Crippen molar-refractivity contribution < 1.29 is 14.3 Å². The molecule has 0 aromatic carbocycles. The Morgan fingerprint density at radius 1 is 1.12 bits per heavy atom. The van der Waals surface area contributed by atoms with Crippen LogP contribution in [0.1, 0.15) is 40.5 Å². The molecule has 2 saturated heterocycles. The smallest absolute Gasteiger partial charge is 0.223 e. The fourth-order valence-corrected chi connectivity index (χ4v) is 3.47. The maximum atomic E-state index is 12.3. The quantitative estimate of drug-likeness (QED) is 0.666. The Labute approximate surface area is 153 Å². The number of nitrogens with one attached hydrogen (secondary N) is 1. The minimum Gasteiger partial charge on any atom is -0.379 e. The Balaban J connectivity index is 1.83. The summed E-state index contributed by atoms with van der Waals surface area (Å²) in [5, 5.41) is 3.31. The Kier molecular flexibility index (Phi) is 8.13. The number of hydrogen-bond donors (Lipinski definition) is 1. The standard InChI is InChI=1S/C19H37N3O3/c1-16(2)18(23)20-19(5-7-22(8-6-19)17(3)4)15-25-14-11-21-9-12-24-13-10-21/h16-17H,5-15H2,1-4H3,(H,20,23). The third kappa shape index (κ3) is 6.51. The fraction of sp³-hybridized carbons (Fsp3) is 0.947. The van der Waals surface area contributed by atoms with Crippen LogP contribution in [0.4, 0.5) is 0 Å². The van der Waals surface area contributed by atoms with Crippen molar-refractivity contribution in [2.45, 2.75) is 52.1 Å². The lowest BCUT2D eigenvalue weighted by Gasteiger charge is -2.44. The number of rotatable bonds is 8. The first-order chi connectivity index (χ1) is 11.9. The molecule has 6 heteroatoms. The number of carbonyl (C=O) groups excluding carboxylic acids is 1. The molecule has 2 heterocycles. The SMILES string of the molecule is CC(C)C(=O)NC1(COCCN2CCOCC2)CCN(C(C)C)CC1. The van der Waals surface area contributed by atoms with Gasteiger partial charge in [-0.1, -0.05) is 13.8 Å². The summed E-state index contributed by atoms with van der Waals surface area (Å²) in [6.45, 7) is 16.3. The number of morpholine rings is 1. The first kappa shape index (κ1) is 20.6. The highest BCUT2D eigenvalue weighted by atomic mass is 16.5. The van der Waals surface area contributed by atoms with Crippen LogP contribution in [0, 0.1) is 5.92 Å². The zero-order valence-electron chi connectivity index (χ0n) is 16.6. The zero-order chi connectivity index (χ0) is 18.3. The van der Waals surface area contributed by atoms with E-state index in [1.54, 1.807) is 0 Å². The van der Waals surface area contributed by atoms with Gasteiger partial charge in [0, 0.05) is 44.7 Å². The molecule has 0 atom stereocenters. The molecular weight excluding hydrogens is 318 g/mol. The number of hydrogen-bond acceptors (Lipinski definition) is 5. The van der Waals surface area contributed by atoms with Gasteiger partial charge >= 0.3 is 0 Å². The molecule has 6 nitrogen and oxygen atoms in total. The van der Waals surface area contributed by atoms with Crippen LogP contribution >= 0.6 is 0 Å². The molecule has 2 fully saturated rings. The van der Waals surface area contributed by atoms with Crippen molar-refractivity contribution in [2.75, 3.05) is 59.2 Å². The molecule has 0 aromatic heterocycles. The van der Waals surface area contributed by atoms with E-state index in [9.17, 15) is 4.79 Å². The Hall–Kier alpha value is -0.690. The van der Waals surface area contributed by atoms with Crippen molar-refractivity contribution >= 4 is 5.91 Å². The number of likely N-dealkylation sites (tertiary alicyclic amines) is 1. The van der Waals surface area contributed by atoms with Gasteiger partial charge in [0.25, 0.3) is 0 Å². The van der Waals surface area contributed by atoms with E-state index >= 15 is 0 Å². The van der Waals surface area contributed by atoms with Gasteiger partial charge in [0.1, 0.15) is 0 Å². The second kappa shape index (κ2) is 9.86. The number of carbonyl (C=O) groups is 1. The summed E-state index contributed by atoms with van der Waals surface area (Å²) < 4.78 is 11.4. The summed E-state index contributed by atoms with van der Waals surface area (Å²) in [5.41, 5.74) is -0.211. The van der Waals surface area contributed by atoms with Crippen LogP contribution in [0.5, 0.6) is 0 Å². The largest absolute Gasteiger partial charge is 0.379 e. The lowest BCUT2D eigenvalue weighted by molar-refractivity contribution is -0.128. The molecule has 1 N–H and O–H groups in total. The summed E-state index contributed by atoms with van der Waals surface area (Å²) in [4.78, 5) is 17.2. The molecule has 0 saturated carbocycles. The maximum Gasteiger partial charge on any atom is 0.223 e. The van der Waals surface area contributed by atoms with Gasteiger partial charge in [-0.25, -0.2) is 0 Å². The molecule has 0 spiro atoms. The van der Waals surface area contributed by atoms with Crippen molar-refractivity contribution in [1.82, 2.24) is 15.1 Å². The van der Waals surface area contributed by atoms with Gasteiger partial charge in [-0.05, 0) is 26.7 Å². The van der Waals surface area contributed by atoms with Gasteiger partial charge in [0.2, 0.25) is 5.91 Å². The molecule has 0 aromatic rings. The highest BCUT2D eigenvalue weighted by molar-refractivity contribution is 5.78. The van der Waals surface area contributed by atoms with E-state index in [-0.39, 0.29) is 17.4 Å². The fourth-order valence-electron chi connectivity index (χ4n) is 3.47. The van der Waals surface area contributed by atoms with E-state index in [0.29, 0.717) is 19.3 Å². The van der Waals surface area contributed by atoms with Crippen molar-refractivity contribution in [1.29, 1.82) is 0 Å². The van der Waals surface area contributed by atoms with Crippen molar-refractivity contribution in [3.63, 3.8) is 0 Å². The lowest BCUT2D eigenvalue weighted by atomic mass is 9.87. The van der Waals surface area contributed by atoms with E-state index in [1.165, 1.54) is 0 Å². The maximum absolute atomic E-state index is 12.3. The molecule has 0 aliphatic carbocycles. The Bertz CT molecular complexity index is 401. The Morgan fingerprint density at radius 2 is 1.76 bits per heavy atom. The third-order valence-corrected chi connectivity index (χ3v) is 5.43. The highest BCUT2D eigenvalue weighted by Crippen LogP contribution is 2.25.